The Hall–Kier alpha value is -2.48. The van der Waals surface area contributed by atoms with Crippen LogP contribution in [0.3, 0.4) is 0 Å². The number of nitrogens with zero attached hydrogens (tertiary/aromatic N) is 3. The first-order valence-electron chi connectivity index (χ1n) is 9.39. The Morgan fingerprint density at radius 3 is 2.30 bits per heavy atom. The Balaban J connectivity index is 0.000000817. The van der Waals surface area contributed by atoms with Gasteiger partial charge in [-0.15, -0.1) is 0 Å². The molecule has 0 atom stereocenters. The highest BCUT2D eigenvalue weighted by Gasteiger charge is 2.23. The lowest BCUT2D eigenvalue weighted by Crippen LogP contribution is -2.39. The molecule has 8 heteroatoms. The fraction of sp³-hybridized carbons (Fsp3) is 0.579. The number of nitrogens with two attached hydrogens (primary N) is 1. The molecule has 2 amide bonds. The molecule has 2 aliphatic heterocycles. The second-order valence-electron chi connectivity index (χ2n) is 6.95. The van der Waals surface area contributed by atoms with E-state index >= 15 is 0 Å². The van der Waals surface area contributed by atoms with E-state index in [1.807, 2.05) is 17.0 Å². The van der Waals surface area contributed by atoms with E-state index in [9.17, 15) is 9.59 Å². The van der Waals surface area contributed by atoms with E-state index in [1.165, 1.54) is 6.42 Å². The summed E-state index contributed by atoms with van der Waals surface area (Å²) in [6.07, 6.45) is 7.08. The summed E-state index contributed by atoms with van der Waals surface area (Å²) in [6, 6.07) is 3.90. The molecule has 0 unspecified atom stereocenters. The maximum atomic E-state index is 12.5. The Morgan fingerprint density at radius 1 is 1.15 bits per heavy atom. The highest BCUT2D eigenvalue weighted by molar-refractivity contribution is 5.94. The van der Waals surface area contributed by atoms with E-state index in [4.69, 9.17) is 15.6 Å². The molecule has 2 fully saturated rings. The zero-order valence-electron chi connectivity index (χ0n) is 15.5. The van der Waals surface area contributed by atoms with Crippen LogP contribution in [-0.4, -0.2) is 70.9 Å². The second kappa shape index (κ2) is 10.6. The van der Waals surface area contributed by atoms with Crippen LogP contribution in [0.4, 0.5) is 0 Å². The van der Waals surface area contributed by atoms with Gasteiger partial charge >= 0.3 is 0 Å². The molecule has 8 nitrogen and oxygen atoms in total. The summed E-state index contributed by atoms with van der Waals surface area (Å²) in [6.45, 7) is 3.54. The third kappa shape index (κ3) is 6.32. The highest BCUT2D eigenvalue weighted by Crippen LogP contribution is 2.26. The number of likely N-dealkylation sites (tertiary alicyclic amines) is 2. The monoisotopic (exact) mass is 376 g/mol. The maximum absolute atomic E-state index is 12.5. The largest absolute Gasteiger partial charge is 0.483 e. The van der Waals surface area contributed by atoms with Gasteiger partial charge in [0.15, 0.2) is 0 Å². The van der Waals surface area contributed by atoms with Crippen LogP contribution >= 0.6 is 0 Å². The smallest absolute Gasteiger partial charge is 0.290 e. The van der Waals surface area contributed by atoms with Crippen LogP contribution in [0.25, 0.3) is 0 Å². The lowest BCUT2D eigenvalue weighted by atomic mass is 9.93. The van der Waals surface area contributed by atoms with E-state index in [1.54, 1.807) is 6.20 Å². The van der Waals surface area contributed by atoms with Crippen molar-refractivity contribution in [1.29, 1.82) is 0 Å². The number of carbonyl (C=O) groups excluding carboxylic acids is 2. The van der Waals surface area contributed by atoms with Crippen molar-refractivity contribution >= 4 is 18.3 Å². The number of carboxylic acid groups (broad SMARTS) is 1. The Kier molecular flexibility index (Phi) is 8.19. The predicted octanol–water partition coefficient (Wildman–Crippen LogP) is 1.07. The number of piperidine rings is 2. The number of hydrogen-bond acceptors (Lipinski definition) is 5. The lowest BCUT2D eigenvalue weighted by Gasteiger charge is -2.30. The fourth-order valence-corrected chi connectivity index (χ4v) is 3.66. The van der Waals surface area contributed by atoms with Gasteiger partial charge in [-0.2, -0.15) is 0 Å². The molecule has 2 aliphatic rings. The molecule has 1 aromatic rings. The minimum atomic E-state index is -0.271. The number of carbonyl (C=O) groups is 3. The molecule has 0 aromatic carbocycles. The normalized spacial score (nSPS) is 18.3. The van der Waals surface area contributed by atoms with Gasteiger partial charge in [-0.05, 0) is 57.3 Å². The van der Waals surface area contributed by atoms with Gasteiger partial charge in [-0.25, -0.2) is 0 Å². The molecule has 0 bridgehead atoms. The first-order valence-corrected chi connectivity index (χ1v) is 9.39. The molecule has 3 N–H and O–H groups in total. The molecule has 1 aromatic heterocycles. The van der Waals surface area contributed by atoms with Crippen LogP contribution in [-0.2, 0) is 9.59 Å². The van der Waals surface area contributed by atoms with Gasteiger partial charge in [0.2, 0.25) is 5.91 Å². The second-order valence-corrected chi connectivity index (χ2v) is 6.95. The standard InChI is InChI=1S/C18H26N4O2.CH2O2/c19-17(23)13-21-10-6-14(7-11-21)16-5-4-15(12-20-16)18(24)22-8-2-1-3-9-22;2-1-3/h4-5,12,14H,1-3,6-11,13H2,(H2,19,23);1H,(H,2,3). The van der Waals surface area contributed by atoms with E-state index in [0.29, 0.717) is 18.0 Å². The molecule has 3 rings (SSSR count). The summed E-state index contributed by atoms with van der Waals surface area (Å²) >= 11 is 0. The first kappa shape index (κ1) is 20.8. The zero-order valence-corrected chi connectivity index (χ0v) is 15.5. The van der Waals surface area contributed by atoms with Crippen LogP contribution in [0.5, 0.6) is 0 Å². The van der Waals surface area contributed by atoms with E-state index in [0.717, 1.165) is 57.6 Å². The van der Waals surface area contributed by atoms with Gasteiger partial charge in [0, 0.05) is 30.9 Å². The van der Waals surface area contributed by atoms with Crippen molar-refractivity contribution in [2.45, 2.75) is 38.0 Å². The molecule has 27 heavy (non-hydrogen) atoms. The summed E-state index contributed by atoms with van der Waals surface area (Å²) in [5, 5.41) is 6.89. The Labute approximate surface area is 159 Å². The summed E-state index contributed by atoms with van der Waals surface area (Å²) in [5.74, 6) is 0.227. The van der Waals surface area contributed by atoms with E-state index < -0.39 is 0 Å². The van der Waals surface area contributed by atoms with E-state index in [-0.39, 0.29) is 18.3 Å². The average molecular weight is 376 g/mol. The molecule has 3 heterocycles. The van der Waals surface area contributed by atoms with Crippen molar-refractivity contribution in [3.63, 3.8) is 0 Å². The average Bonchev–Trinajstić information content (AvgIpc) is 2.69. The minimum absolute atomic E-state index is 0.102. The van der Waals surface area contributed by atoms with E-state index in [2.05, 4.69) is 9.88 Å². The molecule has 2 saturated heterocycles. The van der Waals surface area contributed by atoms with Crippen molar-refractivity contribution in [2.24, 2.45) is 5.73 Å². The molecule has 0 spiro atoms. The van der Waals surface area contributed by atoms with Crippen molar-refractivity contribution in [3.05, 3.63) is 29.6 Å². The van der Waals surface area contributed by atoms with Crippen LogP contribution in [0.2, 0.25) is 0 Å². The Morgan fingerprint density at radius 2 is 1.78 bits per heavy atom. The topological polar surface area (TPSA) is 117 Å². The molecular weight excluding hydrogens is 348 g/mol. The number of rotatable bonds is 4. The van der Waals surface area contributed by atoms with Crippen molar-refractivity contribution in [2.75, 3.05) is 32.7 Å². The fourth-order valence-electron chi connectivity index (χ4n) is 3.66. The van der Waals surface area contributed by atoms with Crippen molar-refractivity contribution < 1.29 is 19.5 Å². The summed E-state index contributed by atoms with van der Waals surface area (Å²) in [4.78, 5) is 40.4. The van der Waals surface area contributed by atoms with Gasteiger partial charge < -0.3 is 15.7 Å². The van der Waals surface area contributed by atoms with Crippen molar-refractivity contribution in [1.82, 2.24) is 14.8 Å². The zero-order chi connectivity index (χ0) is 19.6. The van der Waals surface area contributed by atoms with Crippen LogP contribution in [0, 0.1) is 0 Å². The molecule has 148 valence electrons. The summed E-state index contributed by atoms with van der Waals surface area (Å²) in [5.41, 5.74) is 6.98. The molecule has 0 radical (unpaired) electrons. The van der Waals surface area contributed by atoms with Gasteiger partial charge in [0.25, 0.3) is 12.4 Å². The molecule has 0 aliphatic carbocycles. The number of aromatic nitrogens is 1. The van der Waals surface area contributed by atoms with Crippen molar-refractivity contribution in [3.8, 4) is 0 Å². The highest BCUT2D eigenvalue weighted by atomic mass is 16.3. The first-order chi connectivity index (χ1) is 13.0. The molecule has 0 saturated carbocycles. The maximum Gasteiger partial charge on any atom is 0.290 e. The third-order valence-corrected chi connectivity index (χ3v) is 5.06. The predicted molar refractivity (Wildman–Crippen MR) is 100 cm³/mol. The van der Waals surface area contributed by atoms with Crippen LogP contribution in [0.1, 0.15) is 54.1 Å². The lowest BCUT2D eigenvalue weighted by molar-refractivity contribution is -0.123. The van der Waals surface area contributed by atoms with Gasteiger partial charge in [0.05, 0.1) is 12.1 Å². The molecular formula is C19H28N4O4. The number of primary amides is 1. The number of amides is 2. The SMILES string of the molecule is NC(=O)CN1CCC(c2ccc(C(=O)N3CCCCC3)cn2)CC1.O=CO. The number of hydrogen-bond donors (Lipinski definition) is 2. The Bertz CT molecular complexity index is 621. The quantitative estimate of drug-likeness (QED) is 0.759. The summed E-state index contributed by atoms with van der Waals surface area (Å²) in [7, 11) is 0. The van der Waals surface area contributed by atoms with Gasteiger partial charge in [-0.1, -0.05) is 0 Å². The number of pyridine rings is 1. The van der Waals surface area contributed by atoms with Gasteiger partial charge in [-0.3, -0.25) is 24.3 Å². The van der Waals surface area contributed by atoms with Crippen LogP contribution < -0.4 is 5.73 Å². The third-order valence-electron chi connectivity index (χ3n) is 5.06. The van der Waals surface area contributed by atoms with Gasteiger partial charge in [0.1, 0.15) is 0 Å². The summed E-state index contributed by atoms with van der Waals surface area (Å²) < 4.78 is 0. The van der Waals surface area contributed by atoms with Crippen LogP contribution in [0.15, 0.2) is 18.3 Å². The minimum Gasteiger partial charge on any atom is -0.483 e.